The van der Waals surface area contributed by atoms with Crippen LogP contribution in [-0.2, 0) is 14.8 Å². The third-order valence-electron chi connectivity index (χ3n) is 3.49. The van der Waals surface area contributed by atoms with Crippen molar-refractivity contribution in [2.45, 2.75) is 34.9 Å². The number of carbonyl (C=O) groups is 1. The molecule has 1 amide bonds. The van der Waals surface area contributed by atoms with E-state index in [-0.39, 0.29) is 22.1 Å². The van der Waals surface area contributed by atoms with Crippen molar-refractivity contribution in [3.63, 3.8) is 0 Å². The van der Waals surface area contributed by atoms with Gasteiger partial charge in [-0.15, -0.1) is 11.8 Å². The molecule has 128 valence electrons. The summed E-state index contributed by atoms with van der Waals surface area (Å²) in [5.74, 6) is -0.0770. The van der Waals surface area contributed by atoms with Crippen LogP contribution in [0.2, 0.25) is 0 Å². The third kappa shape index (κ3) is 5.09. The number of nitrogens with two attached hydrogens (primary N) is 1. The van der Waals surface area contributed by atoms with Crippen molar-refractivity contribution in [1.29, 1.82) is 0 Å². The molecule has 2 unspecified atom stereocenters. The predicted molar refractivity (Wildman–Crippen MR) is 96.1 cm³/mol. The van der Waals surface area contributed by atoms with E-state index in [2.05, 4.69) is 5.32 Å². The van der Waals surface area contributed by atoms with Gasteiger partial charge in [-0.3, -0.25) is 4.79 Å². The van der Waals surface area contributed by atoms with Gasteiger partial charge in [-0.1, -0.05) is 30.3 Å². The number of thioether (sulfide) groups is 1. The highest BCUT2D eigenvalue weighted by molar-refractivity contribution is 8.00. The van der Waals surface area contributed by atoms with Gasteiger partial charge in [-0.2, -0.15) is 0 Å². The molecule has 2 atom stereocenters. The lowest BCUT2D eigenvalue weighted by molar-refractivity contribution is -0.120. The van der Waals surface area contributed by atoms with Crippen LogP contribution in [0.1, 0.15) is 25.5 Å². The standard InChI is InChI=1S/C17H20N2O3S2/c1-12(14-8-10-16(11-9-14)24(18,21)22)19-17(20)13(2)23-15-6-4-3-5-7-15/h3-13H,1-2H3,(H,19,20)(H2,18,21,22). The van der Waals surface area contributed by atoms with Crippen molar-refractivity contribution in [3.8, 4) is 0 Å². The molecule has 0 aromatic heterocycles. The number of primary sulfonamides is 1. The molecule has 2 rings (SSSR count). The average Bonchev–Trinajstić information content (AvgIpc) is 2.55. The summed E-state index contributed by atoms with van der Waals surface area (Å²) < 4.78 is 22.5. The summed E-state index contributed by atoms with van der Waals surface area (Å²) in [4.78, 5) is 13.4. The molecule has 0 saturated heterocycles. The first-order valence-corrected chi connectivity index (χ1v) is 9.85. The summed E-state index contributed by atoms with van der Waals surface area (Å²) in [6.07, 6.45) is 0. The molecule has 0 spiro atoms. The normalized spacial score (nSPS) is 14.0. The quantitative estimate of drug-likeness (QED) is 0.771. The van der Waals surface area contributed by atoms with Crippen LogP contribution in [0.4, 0.5) is 0 Å². The molecule has 0 radical (unpaired) electrons. The van der Waals surface area contributed by atoms with Gasteiger partial charge in [-0.05, 0) is 43.7 Å². The number of hydrogen-bond acceptors (Lipinski definition) is 4. The molecule has 24 heavy (non-hydrogen) atoms. The number of amides is 1. The maximum absolute atomic E-state index is 12.3. The Bertz CT molecular complexity index is 790. The van der Waals surface area contributed by atoms with Gasteiger partial charge in [0, 0.05) is 4.90 Å². The number of sulfonamides is 1. The highest BCUT2D eigenvalue weighted by atomic mass is 32.2. The molecular formula is C17H20N2O3S2. The minimum Gasteiger partial charge on any atom is -0.349 e. The zero-order valence-electron chi connectivity index (χ0n) is 13.5. The predicted octanol–water partition coefficient (Wildman–Crippen LogP) is 2.69. The van der Waals surface area contributed by atoms with Gasteiger partial charge in [0.1, 0.15) is 0 Å². The Kier molecular flexibility index (Phi) is 6.04. The molecule has 0 heterocycles. The summed E-state index contributed by atoms with van der Waals surface area (Å²) >= 11 is 1.49. The smallest absolute Gasteiger partial charge is 0.238 e. The second kappa shape index (κ2) is 7.83. The van der Waals surface area contributed by atoms with Crippen LogP contribution in [0.25, 0.3) is 0 Å². The zero-order chi connectivity index (χ0) is 17.7. The fraction of sp³-hybridized carbons (Fsp3) is 0.235. The maximum Gasteiger partial charge on any atom is 0.238 e. The van der Waals surface area contributed by atoms with E-state index in [4.69, 9.17) is 5.14 Å². The summed E-state index contributed by atoms with van der Waals surface area (Å²) in [5.41, 5.74) is 0.813. The van der Waals surface area contributed by atoms with Crippen molar-refractivity contribution >= 4 is 27.7 Å². The fourth-order valence-corrected chi connectivity index (χ4v) is 3.53. The molecule has 0 saturated carbocycles. The van der Waals surface area contributed by atoms with Gasteiger partial charge in [0.05, 0.1) is 16.2 Å². The van der Waals surface area contributed by atoms with Crippen molar-refractivity contribution in [3.05, 3.63) is 60.2 Å². The molecule has 2 aromatic carbocycles. The molecule has 0 bridgehead atoms. The van der Waals surface area contributed by atoms with Crippen LogP contribution in [0.15, 0.2) is 64.4 Å². The Labute approximate surface area is 146 Å². The maximum atomic E-state index is 12.3. The third-order valence-corrected chi connectivity index (χ3v) is 5.53. The largest absolute Gasteiger partial charge is 0.349 e. The van der Waals surface area contributed by atoms with Crippen molar-refractivity contribution in [2.24, 2.45) is 5.14 Å². The molecule has 0 fully saturated rings. The Morgan fingerprint density at radius 2 is 1.62 bits per heavy atom. The number of hydrogen-bond donors (Lipinski definition) is 2. The van der Waals surface area contributed by atoms with E-state index in [1.807, 2.05) is 44.2 Å². The highest BCUT2D eigenvalue weighted by Gasteiger charge is 2.17. The number of carbonyl (C=O) groups excluding carboxylic acids is 1. The SMILES string of the molecule is CC(Sc1ccccc1)C(=O)NC(C)c1ccc(S(N)(=O)=O)cc1. The van der Waals surface area contributed by atoms with Gasteiger partial charge in [-0.25, -0.2) is 13.6 Å². The van der Waals surface area contributed by atoms with Crippen molar-refractivity contribution < 1.29 is 13.2 Å². The highest BCUT2D eigenvalue weighted by Crippen LogP contribution is 2.23. The van der Waals surface area contributed by atoms with Gasteiger partial charge < -0.3 is 5.32 Å². The number of benzene rings is 2. The van der Waals surface area contributed by atoms with E-state index in [0.717, 1.165) is 10.5 Å². The van der Waals surface area contributed by atoms with Crippen LogP contribution in [0, 0.1) is 0 Å². The lowest BCUT2D eigenvalue weighted by Crippen LogP contribution is -2.33. The van der Waals surface area contributed by atoms with Crippen LogP contribution in [0.5, 0.6) is 0 Å². The van der Waals surface area contributed by atoms with Gasteiger partial charge in [0.15, 0.2) is 0 Å². The zero-order valence-corrected chi connectivity index (χ0v) is 15.1. The molecular weight excluding hydrogens is 344 g/mol. The molecule has 2 aromatic rings. The Morgan fingerprint density at radius 1 is 1.04 bits per heavy atom. The second-order valence-corrected chi connectivity index (χ2v) is 8.39. The van der Waals surface area contributed by atoms with E-state index in [1.54, 1.807) is 12.1 Å². The summed E-state index contributed by atoms with van der Waals surface area (Å²) in [5, 5.41) is 7.77. The van der Waals surface area contributed by atoms with Crippen molar-refractivity contribution in [1.82, 2.24) is 5.32 Å². The lowest BCUT2D eigenvalue weighted by Gasteiger charge is -2.18. The topological polar surface area (TPSA) is 89.3 Å². The van der Waals surface area contributed by atoms with Gasteiger partial charge in [0.25, 0.3) is 0 Å². The van der Waals surface area contributed by atoms with Gasteiger partial charge >= 0.3 is 0 Å². The first kappa shape index (κ1) is 18.5. The summed E-state index contributed by atoms with van der Waals surface area (Å²) in [6.45, 7) is 3.70. The Balaban J connectivity index is 1.98. The van der Waals surface area contributed by atoms with Crippen LogP contribution in [0.3, 0.4) is 0 Å². The van der Waals surface area contributed by atoms with E-state index in [1.165, 1.54) is 23.9 Å². The van der Waals surface area contributed by atoms with Crippen LogP contribution < -0.4 is 10.5 Å². The van der Waals surface area contributed by atoms with Crippen molar-refractivity contribution in [2.75, 3.05) is 0 Å². The summed E-state index contributed by atoms with van der Waals surface area (Å²) in [6, 6.07) is 15.7. The minimum absolute atomic E-state index is 0.0535. The molecule has 0 aliphatic heterocycles. The number of nitrogens with one attached hydrogen (secondary N) is 1. The summed E-state index contributed by atoms with van der Waals surface area (Å²) in [7, 11) is -3.71. The van der Waals surface area contributed by atoms with Gasteiger partial charge in [0.2, 0.25) is 15.9 Å². The Morgan fingerprint density at radius 3 is 2.17 bits per heavy atom. The molecule has 0 aliphatic carbocycles. The van der Waals surface area contributed by atoms with E-state index >= 15 is 0 Å². The molecule has 7 heteroatoms. The molecule has 3 N–H and O–H groups in total. The molecule has 5 nitrogen and oxygen atoms in total. The Hall–Kier alpha value is -1.83. The van der Waals surface area contributed by atoms with Crippen LogP contribution >= 0.6 is 11.8 Å². The van der Waals surface area contributed by atoms with E-state index < -0.39 is 10.0 Å². The minimum atomic E-state index is -3.71. The average molecular weight is 364 g/mol. The second-order valence-electron chi connectivity index (χ2n) is 5.42. The molecule has 0 aliphatic rings. The lowest BCUT2D eigenvalue weighted by atomic mass is 10.1. The number of rotatable bonds is 6. The monoisotopic (exact) mass is 364 g/mol. The fourth-order valence-electron chi connectivity index (χ4n) is 2.12. The van der Waals surface area contributed by atoms with E-state index in [9.17, 15) is 13.2 Å². The first-order valence-electron chi connectivity index (χ1n) is 7.42. The van der Waals surface area contributed by atoms with Crippen LogP contribution in [-0.4, -0.2) is 19.6 Å². The van der Waals surface area contributed by atoms with E-state index in [0.29, 0.717) is 0 Å². The first-order chi connectivity index (χ1) is 11.3.